The highest BCUT2D eigenvalue weighted by Gasteiger charge is 2.13. The van der Waals surface area contributed by atoms with E-state index in [0.29, 0.717) is 19.8 Å². The van der Waals surface area contributed by atoms with E-state index in [2.05, 4.69) is 5.32 Å². The molecule has 2 rings (SSSR count). The summed E-state index contributed by atoms with van der Waals surface area (Å²) in [6.07, 6.45) is 0.182. The predicted molar refractivity (Wildman–Crippen MR) is 63.7 cm³/mol. The minimum absolute atomic E-state index is 0.182. The van der Waals surface area contributed by atoms with Crippen molar-refractivity contribution in [1.82, 2.24) is 5.32 Å². The van der Waals surface area contributed by atoms with Crippen LogP contribution in [0.4, 0.5) is 0 Å². The molecule has 0 aromatic heterocycles. The molecule has 4 heteroatoms. The number of ether oxygens (including phenoxy) is 2. The van der Waals surface area contributed by atoms with Crippen LogP contribution >= 0.6 is 11.6 Å². The van der Waals surface area contributed by atoms with Crippen LogP contribution in [0.2, 0.25) is 5.02 Å². The summed E-state index contributed by atoms with van der Waals surface area (Å²) in [6, 6.07) is 7.85. The van der Waals surface area contributed by atoms with Gasteiger partial charge in [-0.25, -0.2) is 0 Å². The van der Waals surface area contributed by atoms with Crippen molar-refractivity contribution in [1.29, 1.82) is 0 Å². The fraction of sp³-hybridized carbons (Fsp3) is 0.500. The maximum Gasteiger partial charge on any atom is 0.0933 e. The van der Waals surface area contributed by atoms with E-state index < -0.39 is 0 Å². The fourth-order valence-electron chi connectivity index (χ4n) is 1.63. The van der Waals surface area contributed by atoms with Crippen molar-refractivity contribution in [2.45, 2.75) is 12.6 Å². The van der Waals surface area contributed by atoms with Crippen LogP contribution in [0.5, 0.6) is 0 Å². The van der Waals surface area contributed by atoms with Crippen LogP contribution in [0, 0.1) is 0 Å². The minimum Gasteiger partial charge on any atom is -0.376 e. The summed E-state index contributed by atoms with van der Waals surface area (Å²) in [5.41, 5.74) is 1.22. The Morgan fingerprint density at radius 3 is 2.75 bits per heavy atom. The number of rotatable bonds is 4. The van der Waals surface area contributed by atoms with E-state index in [9.17, 15) is 0 Å². The van der Waals surface area contributed by atoms with Gasteiger partial charge in [-0.05, 0) is 17.7 Å². The molecule has 1 aromatic carbocycles. The average Bonchev–Trinajstić information content (AvgIpc) is 2.33. The number of hydrogen-bond acceptors (Lipinski definition) is 3. The van der Waals surface area contributed by atoms with Gasteiger partial charge in [-0.3, -0.25) is 0 Å². The molecular formula is C12H16ClNO2. The highest BCUT2D eigenvalue weighted by atomic mass is 35.5. The number of nitrogens with one attached hydrogen (secondary N) is 1. The summed E-state index contributed by atoms with van der Waals surface area (Å²) < 4.78 is 10.8. The van der Waals surface area contributed by atoms with Gasteiger partial charge in [-0.2, -0.15) is 0 Å². The maximum absolute atomic E-state index is 5.81. The van der Waals surface area contributed by atoms with E-state index in [1.165, 1.54) is 5.56 Å². The second-order valence-electron chi connectivity index (χ2n) is 3.83. The summed E-state index contributed by atoms with van der Waals surface area (Å²) >= 11 is 5.81. The fourth-order valence-corrected chi connectivity index (χ4v) is 1.76. The first kappa shape index (κ1) is 11.9. The zero-order chi connectivity index (χ0) is 11.2. The average molecular weight is 242 g/mol. The summed E-state index contributed by atoms with van der Waals surface area (Å²) in [4.78, 5) is 0. The van der Waals surface area contributed by atoms with E-state index >= 15 is 0 Å². The van der Waals surface area contributed by atoms with E-state index in [-0.39, 0.29) is 6.10 Å². The molecule has 0 amide bonds. The third kappa shape index (κ3) is 3.76. The first-order valence-electron chi connectivity index (χ1n) is 5.49. The molecule has 1 saturated heterocycles. The van der Waals surface area contributed by atoms with Gasteiger partial charge in [0, 0.05) is 18.1 Å². The van der Waals surface area contributed by atoms with Crippen molar-refractivity contribution >= 4 is 11.6 Å². The largest absolute Gasteiger partial charge is 0.376 e. The van der Waals surface area contributed by atoms with Crippen LogP contribution in [-0.2, 0) is 16.0 Å². The van der Waals surface area contributed by atoms with E-state index in [0.717, 1.165) is 18.1 Å². The normalized spacial score (nSPS) is 20.9. The lowest BCUT2D eigenvalue weighted by Crippen LogP contribution is -2.37. The quantitative estimate of drug-likeness (QED) is 0.873. The lowest BCUT2D eigenvalue weighted by molar-refractivity contribution is -0.0864. The van der Waals surface area contributed by atoms with Crippen LogP contribution in [0.1, 0.15) is 5.56 Å². The van der Waals surface area contributed by atoms with Crippen LogP contribution in [0.15, 0.2) is 24.3 Å². The number of halogens is 1. The standard InChI is InChI=1S/C12H16ClNO2/c13-11-3-1-10(2-4-11)7-14-8-12-9-15-5-6-16-12/h1-4,12,14H,5-9H2. The number of benzene rings is 1. The van der Waals surface area contributed by atoms with Crippen molar-refractivity contribution in [3.8, 4) is 0 Å². The molecule has 88 valence electrons. The monoisotopic (exact) mass is 241 g/mol. The Bertz CT molecular complexity index is 309. The Balaban J connectivity index is 1.69. The summed E-state index contributed by atoms with van der Waals surface area (Å²) in [5.74, 6) is 0. The zero-order valence-electron chi connectivity index (χ0n) is 9.12. The lowest BCUT2D eigenvalue weighted by atomic mass is 10.2. The molecular weight excluding hydrogens is 226 g/mol. The molecule has 1 N–H and O–H groups in total. The van der Waals surface area contributed by atoms with E-state index in [1.807, 2.05) is 24.3 Å². The van der Waals surface area contributed by atoms with Crippen LogP contribution in [0.3, 0.4) is 0 Å². The number of hydrogen-bond donors (Lipinski definition) is 1. The topological polar surface area (TPSA) is 30.5 Å². The molecule has 1 aliphatic heterocycles. The molecule has 1 atom stereocenters. The van der Waals surface area contributed by atoms with Crippen molar-refractivity contribution in [2.24, 2.45) is 0 Å². The first-order valence-corrected chi connectivity index (χ1v) is 5.87. The Labute approximate surface area is 101 Å². The Morgan fingerprint density at radius 2 is 2.06 bits per heavy atom. The van der Waals surface area contributed by atoms with Gasteiger partial charge in [0.05, 0.1) is 25.9 Å². The van der Waals surface area contributed by atoms with Crippen molar-refractivity contribution in [3.63, 3.8) is 0 Å². The second-order valence-corrected chi connectivity index (χ2v) is 4.26. The minimum atomic E-state index is 0.182. The molecule has 0 bridgehead atoms. The van der Waals surface area contributed by atoms with Crippen molar-refractivity contribution in [3.05, 3.63) is 34.9 Å². The van der Waals surface area contributed by atoms with Gasteiger partial charge in [0.25, 0.3) is 0 Å². The molecule has 0 radical (unpaired) electrons. The van der Waals surface area contributed by atoms with E-state index in [4.69, 9.17) is 21.1 Å². The molecule has 1 fully saturated rings. The van der Waals surface area contributed by atoms with Gasteiger partial charge >= 0.3 is 0 Å². The highest BCUT2D eigenvalue weighted by molar-refractivity contribution is 6.30. The van der Waals surface area contributed by atoms with Gasteiger partial charge in [0.1, 0.15) is 0 Å². The van der Waals surface area contributed by atoms with Gasteiger partial charge in [-0.15, -0.1) is 0 Å². The smallest absolute Gasteiger partial charge is 0.0933 e. The summed E-state index contributed by atoms with van der Waals surface area (Å²) in [7, 11) is 0. The molecule has 0 aliphatic carbocycles. The summed E-state index contributed by atoms with van der Waals surface area (Å²) in [5, 5.41) is 4.11. The third-order valence-corrected chi connectivity index (χ3v) is 2.75. The molecule has 1 aromatic rings. The maximum atomic E-state index is 5.81. The van der Waals surface area contributed by atoms with Gasteiger partial charge in [-0.1, -0.05) is 23.7 Å². The zero-order valence-corrected chi connectivity index (χ0v) is 9.87. The Morgan fingerprint density at radius 1 is 1.25 bits per heavy atom. The molecule has 3 nitrogen and oxygen atoms in total. The van der Waals surface area contributed by atoms with Gasteiger partial charge < -0.3 is 14.8 Å². The van der Waals surface area contributed by atoms with Crippen LogP contribution in [0.25, 0.3) is 0 Å². The third-order valence-electron chi connectivity index (χ3n) is 2.50. The Hall–Kier alpha value is -0.610. The van der Waals surface area contributed by atoms with Crippen LogP contribution < -0.4 is 5.32 Å². The van der Waals surface area contributed by atoms with Gasteiger partial charge in [0.15, 0.2) is 0 Å². The van der Waals surface area contributed by atoms with Crippen molar-refractivity contribution < 1.29 is 9.47 Å². The molecule has 1 aliphatic rings. The van der Waals surface area contributed by atoms with Crippen LogP contribution in [-0.4, -0.2) is 32.5 Å². The summed E-state index contributed by atoms with van der Waals surface area (Å²) in [6.45, 7) is 3.76. The SMILES string of the molecule is Clc1ccc(CNCC2COCCO2)cc1. The second kappa shape index (κ2) is 6.21. The van der Waals surface area contributed by atoms with Gasteiger partial charge in [0.2, 0.25) is 0 Å². The molecule has 0 saturated carbocycles. The lowest BCUT2D eigenvalue weighted by Gasteiger charge is -2.23. The highest BCUT2D eigenvalue weighted by Crippen LogP contribution is 2.09. The molecule has 0 spiro atoms. The predicted octanol–water partition coefficient (Wildman–Crippen LogP) is 1.84. The van der Waals surface area contributed by atoms with E-state index in [1.54, 1.807) is 0 Å². The molecule has 1 heterocycles. The first-order chi connectivity index (χ1) is 7.84. The Kier molecular flexibility index (Phi) is 4.60. The molecule has 16 heavy (non-hydrogen) atoms. The van der Waals surface area contributed by atoms with Crippen molar-refractivity contribution in [2.75, 3.05) is 26.4 Å². The molecule has 1 unspecified atom stereocenters.